The van der Waals surface area contributed by atoms with Crippen LogP contribution in [0.15, 0.2) is 24.3 Å². The van der Waals surface area contributed by atoms with Gasteiger partial charge in [-0.2, -0.15) is 0 Å². The van der Waals surface area contributed by atoms with E-state index < -0.39 is 11.9 Å². The Morgan fingerprint density at radius 1 is 1.26 bits per heavy atom. The van der Waals surface area contributed by atoms with E-state index in [0.29, 0.717) is 32.4 Å². The molecule has 102 valence electrons. The van der Waals surface area contributed by atoms with E-state index in [1.54, 1.807) is 4.90 Å². The van der Waals surface area contributed by atoms with Crippen LogP contribution < -0.4 is 11.5 Å². The van der Waals surface area contributed by atoms with E-state index in [0.717, 1.165) is 11.1 Å². The van der Waals surface area contributed by atoms with Crippen molar-refractivity contribution in [2.75, 3.05) is 6.54 Å². The lowest BCUT2D eigenvalue weighted by Gasteiger charge is -2.35. The average molecular weight is 261 g/mol. The van der Waals surface area contributed by atoms with E-state index in [9.17, 15) is 9.59 Å². The molecule has 4 N–H and O–H groups in total. The predicted molar refractivity (Wildman–Crippen MR) is 72.0 cm³/mol. The number of nitrogens with zero attached hydrogens (tertiary/aromatic N) is 1. The van der Waals surface area contributed by atoms with E-state index in [2.05, 4.69) is 0 Å². The summed E-state index contributed by atoms with van der Waals surface area (Å²) in [6, 6.07) is 7.29. The maximum absolute atomic E-state index is 12.1. The Hall–Kier alpha value is -1.88. The molecule has 1 unspecified atom stereocenters. The van der Waals surface area contributed by atoms with Gasteiger partial charge in [-0.3, -0.25) is 9.59 Å². The van der Waals surface area contributed by atoms with Crippen LogP contribution in [0, 0.1) is 0 Å². The van der Waals surface area contributed by atoms with Crippen LogP contribution in [-0.4, -0.2) is 29.3 Å². The fraction of sp³-hybridized carbons (Fsp3) is 0.429. The summed E-state index contributed by atoms with van der Waals surface area (Å²) < 4.78 is 0. The average Bonchev–Trinajstić information content (AvgIpc) is 2.43. The topological polar surface area (TPSA) is 89.4 Å². The summed E-state index contributed by atoms with van der Waals surface area (Å²) >= 11 is 0. The Labute approximate surface area is 112 Å². The summed E-state index contributed by atoms with van der Waals surface area (Å²) in [5.74, 6) is -0.501. The van der Waals surface area contributed by atoms with Crippen molar-refractivity contribution in [3.63, 3.8) is 0 Å². The van der Waals surface area contributed by atoms with Gasteiger partial charge in [0.15, 0.2) is 0 Å². The molecular formula is C14H19N3O2. The first kappa shape index (κ1) is 13.5. The smallest absolute Gasteiger partial charge is 0.240 e. The number of hydrogen-bond acceptors (Lipinski definition) is 3. The van der Waals surface area contributed by atoms with Gasteiger partial charge in [0.2, 0.25) is 11.8 Å². The van der Waals surface area contributed by atoms with Crippen LogP contribution in [0.2, 0.25) is 0 Å². The van der Waals surface area contributed by atoms with Crippen LogP contribution in [-0.2, 0) is 22.6 Å². The van der Waals surface area contributed by atoms with Crippen LogP contribution >= 0.6 is 0 Å². The zero-order chi connectivity index (χ0) is 13.8. The lowest BCUT2D eigenvalue weighted by Crippen LogP contribution is -2.51. The van der Waals surface area contributed by atoms with Gasteiger partial charge in [-0.25, -0.2) is 0 Å². The van der Waals surface area contributed by atoms with Crippen LogP contribution in [0.1, 0.15) is 24.0 Å². The van der Waals surface area contributed by atoms with Crippen LogP contribution in [0.3, 0.4) is 0 Å². The van der Waals surface area contributed by atoms with Crippen molar-refractivity contribution in [3.05, 3.63) is 35.4 Å². The Morgan fingerprint density at radius 3 is 2.58 bits per heavy atom. The Morgan fingerprint density at radius 2 is 1.95 bits per heavy atom. The van der Waals surface area contributed by atoms with E-state index in [4.69, 9.17) is 11.5 Å². The maximum atomic E-state index is 12.1. The number of fused-ring (bicyclic) bond motifs is 1. The third-order valence-electron chi connectivity index (χ3n) is 3.49. The number of hydrogen-bond donors (Lipinski definition) is 2. The van der Waals surface area contributed by atoms with E-state index in [1.807, 2.05) is 24.3 Å². The van der Waals surface area contributed by atoms with Gasteiger partial charge >= 0.3 is 0 Å². The van der Waals surface area contributed by atoms with Gasteiger partial charge in [-0.05, 0) is 24.1 Å². The quantitative estimate of drug-likeness (QED) is 0.809. The molecule has 0 saturated heterocycles. The number of rotatable bonds is 4. The molecule has 5 heteroatoms. The number of carbonyl (C=O) groups excluding carboxylic acids is 2. The minimum Gasteiger partial charge on any atom is -0.368 e. The molecule has 1 aliphatic rings. The zero-order valence-electron chi connectivity index (χ0n) is 10.8. The highest BCUT2D eigenvalue weighted by Gasteiger charge is 2.32. The molecule has 1 heterocycles. The van der Waals surface area contributed by atoms with E-state index >= 15 is 0 Å². The first-order valence-electron chi connectivity index (χ1n) is 6.49. The van der Waals surface area contributed by atoms with Crippen molar-refractivity contribution in [1.82, 2.24) is 4.90 Å². The van der Waals surface area contributed by atoms with E-state index in [-0.39, 0.29) is 5.91 Å². The number of carbonyl (C=O) groups is 2. The normalized spacial score (nSPS) is 17.9. The van der Waals surface area contributed by atoms with Crippen LogP contribution in [0.25, 0.3) is 0 Å². The molecule has 19 heavy (non-hydrogen) atoms. The number of primary amides is 1. The van der Waals surface area contributed by atoms with Crippen molar-refractivity contribution in [2.45, 2.75) is 31.8 Å². The molecule has 0 radical (unpaired) electrons. The fourth-order valence-corrected chi connectivity index (χ4v) is 2.44. The molecule has 1 atom stereocenters. The Bertz CT molecular complexity index is 487. The molecule has 2 amide bonds. The summed E-state index contributed by atoms with van der Waals surface area (Å²) in [5, 5.41) is 0. The molecule has 0 aromatic heterocycles. The summed E-state index contributed by atoms with van der Waals surface area (Å²) in [6.45, 7) is 0.921. The second-order valence-electron chi connectivity index (χ2n) is 4.80. The fourth-order valence-electron chi connectivity index (χ4n) is 2.44. The van der Waals surface area contributed by atoms with Gasteiger partial charge in [0, 0.05) is 19.4 Å². The van der Waals surface area contributed by atoms with Gasteiger partial charge in [0.1, 0.15) is 6.04 Å². The van der Waals surface area contributed by atoms with E-state index in [1.165, 1.54) is 0 Å². The maximum Gasteiger partial charge on any atom is 0.240 e. The van der Waals surface area contributed by atoms with Crippen LogP contribution in [0.5, 0.6) is 0 Å². The van der Waals surface area contributed by atoms with Crippen molar-refractivity contribution in [1.29, 1.82) is 0 Å². The molecule has 0 saturated carbocycles. The summed E-state index contributed by atoms with van der Waals surface area (Å²) in [4.78, 5) is 25.3. The summed E-state index contributed by atoms with van der Waals surface area (Å²) in [6.07, 6.45) is 1.49. The standard InChI is InChI=1S/C14H19N3O2/c15-7-3-6-13(18)17-9-11-5-2-1-4-10(11)8-12(17)14(16)19/h1-2,4-5,12H,3,6-9,15H2,(H2,16,19). The molecule has 1 aliphatic heterocycles. The molecule has 0 fully saturated rings. The minimum absolute atomic E-state index is 0.0521. The van der Waals surface area contributed by atoms with Gasteiger partial charge in [0.25, 0.3) is 0 Å². The molecule has 0 spiro atoms. The van der Waals surface area contributed by atoms with Crippen LogP contribution in [0.4, 0.5) is 0 Å². The molecule has 0 aliphatic carbocycles. The lowest BCUT2D eigenvalue weighted by atomic mass is 9.93. The molecule has 5 nitrogen and oxygen atoms in total. The van der Waals surface area contributed by atoms with Crippen molar-refractivity contribution in [3.8, 4) is 0 Å². The minimum atomic E-state index is -0.542. The predicted octanol–water partition coefficient (Wildman–Crippen LogP) is 0.164. The number of nitrogens with two attached hydrogens (primary N) is 2. The Balaban J connectivity index is 2.21. The monoisotopic (exact) mass is 261 g/mol. The number of amides is 2. The number of benzene rings is 1. The molecule has 1 aromatic rings. The third-order valence-corrected chi connectivity index (χ3v) is 3.49. The molecule has 1 aromatic carbocycles. The highest BCUT2D eigenvalue weighted by Crippen LogP contribution is 2.23. The van der Waals surface area contributed by atoms with Gasteiger partial charge < -0.3 is 16.4 Å². The molecule has 2 rings (SSSR count). The largest absolute Gasteiger partial charge is 0.368 e. The second-order valence-corrected chi connectivity index (χ2v) is 4.80. The first-order chi connectivity index (χ1) is 9.13. The highest BCUT2D eigenvalue weighted by molar-refractivity contribution is 5.87. The molecule has 0 bridgehead atoms. The zero-order valence-corrected chi connectivity index (χ0v) is 10.8. The first-order valence-corrected chi connectivity index (χ1v) is 6.49. The third kappa shape index (κ3) is 2.93. The summed E-state index contributed by atoms with van der Waals surface area (Å²) in [7, 11) is 0. The second kappa shape index (κ2) is 5.84. The van der Waals surface area contributed by atoms with Crippen molar-refractivity contribution >= 4 is 11.8 Å². The van der Waals surface area contributed by atoms with Gasteiger partial charge in [-0.15, -0.1) is 0 Å². The van der Waals surface area contributed by atoms with Crippen molar-refractivity contribution < 1.29 is 9.59 Å². The van der Waals surface area contributed by atoms with Gasteiger partial charge in [-0.1, -0.05) is 24.3 Å². The highest BCUT2D eigenvalue weighted by atomic mass is 16.2. The summed E-state index contributed by atoms with van der Waals surface area (Å²) in [5.41, 5.74) is 13.0. The SMILES string of the molecule is NCCCC(=O)N1Cc2ccccc2CC1C(N)=O. The van der Waals surface area contributed by atoms with Crippen molar-refractivity contribution in [2.24, 2.45) is 11.5 Å². The molecular weight excluding hydrogens is 242 g/mol. The lowest BCUT2D eigenvalue weighted by molar-refractivity contribution is -0.140. The van der Waals surface area contributed by atoms with Gasteiger partial charge in [0.05, 0.1) is 0 Å². The Kier molecular flexibility index (Phi) is 4.16.